The zero-order valence-corrected chi connectivity index (χ0v) is 7.05. The van der Waals surface area contributed by atoms with E-state index in [1.54, 1.807) is 0 Å². The fraction of sp³-hybridized carbons (Fsp3) is 0.143. The number of aromatic nitrogens is 1. The number of ether oxygens (including phenoxy) is 1. The van der Waals surface area contributed by atoms with Crippen molar-refractivity contribution in [3.63, 3.8) is 0 Å². The molecule has 5 nitrogen and oxygen atoms in total. The number of nitrogen functional groups attached to an aromatic ring is 1. The number of anilines is 1. The van der Waals surface area contributed by atoms with E-state index in [2.05, 4.69) is 4.74 Å². The lowest BCUT2D eigenvalue weighted by Crippen LogP contribution is -2.21. The van der Waals surface area contributed by atoms with E-state index in [4.69, 9.17) is 11.0 Å². The molecule has 0 aliphatic carbocycles. The predicted molar refractivity (Wildman–Crippen MR) is 42.9 cm³/mol. The van der Waals surface area contributed by atoms with Crippen LogP contribution < -0.4 is 16.0 Å². The number of hydrogen-bond donors (Lipinski definition) is 2. The number of halogens is 3. The Morgan fingerprint density at radius 2 is 2.13 bits per heavy atom. The third-order valence-electron chi connectivity index (χ3n) is 1.35. The monoisotopic (exact) mass is 219 g/mol. The summed E-state index contributed by atoms with van der Waals surface area (Å²) in [7, 11) is 0. The summed E-state index contributed by atoms with van der Waals surface area (Å²) < 4.78 is 39.1. The summed E-state index contributed by atoms with van der Waals surface area (Å²) in [5.74, 6) is -0.899. The molecule has 0 unspecified atom stereocenters. The second-order valence-electron chi connectivity index (χ2n) is 2.45. The second-order valence-corrected chi connectivity index (χ2v) is 2.45. The number of rotatable bonds is 1. The van der Waals surface area contributed by atoms with Crippen LogP contribution in [0.4, 0.5) is 18.9 Å². The Labute approximate surface area is 80.9 Å². The van der Waals surface area contributed by atoms with Crippen molar-refractivity contribution in [1.29, 1.82) is 5.26 Å². The van der Waals surface area contributed by atoms with Gasteiger partial charge in [-0.3, -0.25) is 4.79 Å². The molecule has 1 heterocycles. The maximum atomic E-state index is 11.9. The van der Waals surface area contributed by atoms with Gasteiger partial charge in [0.05, 0.1) is 5.69 Å². The molecule has 15 heavy (non-hydrogen) atoms. The van der Waals surface area contributed by atoms with Crippen LogP contribution in [0.3, 0.4) is 0 Å². The summed E-state index contributed by atoms with van der Waals surface area (Å²) in [6.45, 7) is 0. The Balaban J connectivity index is 3.29. The van der Waals surface area contributed by atoms with E-state index >= 15 is 0 Å². The molecular formula is C7H4F3N3O2. The number of nitrogens with zero attached hydrogens (tertiary/aromatic N) is 1. The van der Waals surface area contributed by atoms with Gasteiger partial charge in [0.25, 0.3) is 5.56 Å². The third kappa shape index (κ3) is 2.63. The second kappa shape index (κ2) is 3.53. The summed E-state index contributed by atoms with van der Waals surface area (Å²) >= 11 is 0. The van der Waals surface area contributed by atoms with Crippen molar-refractivity contribution in [1.82, 2.24) is 4.98 Å². The van der Waals surface area contributed by atoms with Gasteiger partial charge >= 0.3 is 6.36 Å². The lowest BCUT2D eigenvalue weighted by molar-refractivity contribution is -0.274. The fourth-order valence-electron chi connectivity index (χ4n) is 0.872. The molecule has 80 valence electrons. The molecule has 0 saturated carbocycles. The van der Waals surface area contributed by atoms with Gasteiger partial charge in [0, 0.05) is 6.07 Å². The van der Waals surface area contributed by atoms with Crippen molar-refractivity contribution in [3.05, 3.63) is 22.1 Å². The zero-order chi connectivity index (χ0) is 11.6. The van der Waals surface area contributed by atoms with Crippen LogP contribution >= 0.6 is 0 Å². The van der Waals surface area contributed by atoms with E-state index < -0.39 is 29.1 Å². The van der Waals surface area contributed by atoms with E-state index in [-0.39, 0.29) is 0 Å². The van der Waals surface area contributed by atoms with Crippen molar-refractivity contribution in [2.24, 2.45) is 0 Å². The minimum absolute atomic E-state index is 0.548. The Morgan fingerprint density at radius 3 is 2.60 bits per heavy atom. The minimum atomic E-state index is -4.97. The van der Waals surface area contributed by atoms with Crippen LogP contribution in [-0.4, -0.2) is 11.3 Å². The van der Waals surface area contributed by atoms with Crippen molar-refractivity contribution >= 4 is 5.69 Å². The van der Waals surface area contributed by atoms with Gasteiger partial charge in [-0.25, -0.2) is 0 Å². The molecule has 0 aliphatic heterocycles. The van der Waals surface area contributed by atoms with E-state index in [1.165, 1.54) is 6.07 Å². The molecule has 0 fully saturated rings. The molecule has 0 aromatic carbocycles. The average Bonchev–Trinajstić information content (AvgIpc) is 2.07. The van der Waals surface area contributed by atoms with Crippen molar-refractivity contribution in [2.45, 2.75) is 6.36 Å². The number of nitrogens with two attached hydrogens (primary N) is 1. The maximum absolute atomic E-state index is 11.9. The van der Waals surface area contributed by atoms with E-state index in [1.807, 2.05) is 4.98 Å². The first-order chi connectivity index (χ1) is 6.83. The molecular weight excluding hydrogens is 215 g/mol. The first kappa shape index (κ1) is 10.9. The largest absolute Gasteiger partial charge is 0.573 e. The highest BCUT2D eigenvalue weighted by molar-refractivity contribution is 5.57. The smallest absolute Gasteiger partial charge is 0.401 e. The molecule has 0 bridgehead atoms. The Kier molecular flexibility index (Phi) is 2.57. The molecule has 0 atom stereocenters. The summed E-state index contributed by atoms with van der Waals surface area (Å²) in [5.41, 5.74) is 3.11. The standard InChI is InChI=1S/C7H4F3N3O2/c8-7(9,10)15-6-3(12)1-5(14)13-4(6)2-11/h1H,(H3,12,13,14). The Morgan fingerprint density at radius 1 is 1.53 bits per heavy atom. The number of nitrogens with one attached hydrogen (secondary N) is 1. The number of aromatic amines is 1. The molecule has 8 heteroatoms. The van der Waals surface area contributed by atoms with E-state index in [9.17, 15) is 18.0 Å². The highest BCUT2D eigenvalue weighted by Gasteiger charge is 2.33. The van der Waals surface area contributed by atoms with Crippen molar-refractivity contribution in [2.75, 3.05) is 5.73 Å². The maximum Gasteiger partial charge on any atom is 0.573 e. The lowest BCUT2D eigenvalue weighted by Gasteiger charge is -2.11. The molecule has 0 saturated heterocycles. The molecule has 0 amide bonds. The fourth-order valence-corrected chi connectivity index (χ4v) is 0.872. The number of alkyl halides is 3. The Bertz CT molecular complexity index is 472. The van der Waals surface area contributed by atoms with Gasteiger partial charge in [0.1, 0.15) is 6.07 Å². The van der Waals surface area contributed by atoms with Crippen LogP contribution in [0.2, 0.25) is 0 Å². The van der Waals surface area contributed by atoms with Gasteiger partial charge < -0.3 is 15.5 Å². The summed E-state index contributed by atoms with van der Waals surface area (Å²) in [6, 6.07) is 2.04. The zero-order valence-electron chi connectivity index (χ0n) is 7.05. The van der Waals surface area contributed by atoms with Gasteiger partial charge in [0.2, 0.25) is 0 Å². The number of H-pyrrole nitrogens is 1. The van der Waals surface area contributed by atoms with Gasteiger partial charge in [-0.15, -0.1) is 13.2 Å². The molecule has 3 N–H and O–H groups in total. The van der Waals surface area contributed by atoms with Gasteiger partial charge in [-0.2, -0.15) is 5.26 Å². The molecule has 1 rings (SSSR count). The summed E-state index contributed by atoms with van der Waals surface area (Å²) in [6.07, 6.45) is -4.97. The van der Waals surface area contributed by atoms with E-state index in [0.29, 0.717) is 6.07 Å². The molecule has 1 aromatic heterocycles. The highest BCUT2D eigenvalue weighted by atomic mass is 19.4. The van der Waals surface area contributed by atoms with Crippen LogP contribution in [0, 0.1) is 11.3 Å². The van der Waals surface area contributed by atoms with Crippen LogP contribution in [0.1, 0.15) is 5.69 Å². The lowest BCUT2D eigenvalue weighted by atomic mass is 10.3. The third-order valence-corrected chi connectivity index (χ3v) is 1.35. The number of nitriles is 1. The topological polar surface area (TPSA) is 91.9 Å². The van der Waals surface area contributed by atoms with Crippen molar-refractivity contribution < 1.29 is 17.9 Å². The average molecular weight is 219 g/mol. The SMILES string of the molecule is N#Cc1[nH]c(=O)cc(N)c1OC(F)(F)F. The normalized spacial score (nSPS) is 10.8. The van der Waals surface area contributed by atoms with Crippen LogP contribution in [-0.2, 0) is 0 Å². The molecule has 1 aromatic rings. The summed E-state index contributed by atoms with van der Waals surface area (Å²) in [5, 5.41) is 8.44. The minimum Gasteiger partial charge on any atom is -0.401 e. The summed E-state index contributed by atoms with van der Waals surface area (Å²) in [4.78, 5) is 12.6. The molecule has 0 aliphatic rings. The van der Waals surface area contributed by atoms with Crippen LogP contribution in [0.15, 0.2) is 10.9 Å². The quantitative estimate of drug-likeness (QED) is 0.728. The Hall–Kier alpha value is -2.17. The highest BCUT2D eigenvalue weighted by Crippen LogP contribution is 2.29. The van der Waals surface area contributed by atoms with Gasteiger partial charge in [-0.1, -0.05) is 0 Å². The molecule has 0 radical (unpaired) electrons. The van der Waals surface area contributed by atoms with Crippen LogP contribution in [0.5, 0.6) is 5.75 Å². The van der Waals surface area contributed by atoms with Crippen LogP contribution in [0.25, 0.3) is 0 Å². The predicted octanol–water partition coefficient (Wildman–Crippen LogP) is 0.727. The van der Waals surface area contributed by atoms with E-state index in [0.717, 1.165) is 0 Å². The van der Waals surface area contributed by atoms with Gasteiger partial charge in [-0.05, 0) is 0 Å². The number of hydrogen-bond acceptors (Lipinski definition) is 4. The van der Waals surface area contributed by atoms with Crippen molar-refractivity contribution in [3.8, 4) is 11.8 Å². The van der Waals surface area contributed by atoms with Gasteiger partial charge in [0.15, 0.2) is 11.4 Å². The molecule has 0 spiro atoms. The number of pyridine rings is 1. The first-order valence-electron chi connectivity index (χ1n) is 3.52. The first-order valence-corrected chi connectivity index (χ1v) is 3.52.